The van der Waals surface area contributed by atoms with E-state index >= 15 is 0 Å². The van der Waals surface area contributed by atoms with Crippen LogP contribution in [0.25, 0.3) is 49.8 Å². The van der Waals surface area contributed by atoms with Gasteiger partial charge in [0.15, 0.2) is 0 Å². The van der Waals surface area contributed by atoms with Crippen LogP contribution < -0.4 is 5.32 Å². The number of nitrogens with one attached hydrogen (secondary N) is 1. The van der Waals surface area contributed by atoms with E-state index < -0.39 is 0 Å². The van der Waals surface area contributed by atoms with Crippen molar-refractivity contribution in [2.75, 3.05) is 5.32 Å². The highest BCUT2D eigenvalue weighted by Gasteiger charge is 2.35. The molecule has 0 fully saturated rings. The Kier molecular flexibility index (Phi) is 9.95. The van der Waals surface area contributed by atoms with E-state index in [1.54, 1.807) is 0 Å². The van der Waals surface area contributed by atoms with Gasteiger partial charge in [0.1, 0.15) is 0 Å². The first-order valence-corrected chi connectivity index (χ1v) is 18.7. The Hall–Kier alpha value is -6.38. The van der Waals surface area contributed by atoms with Gasteiger partial charge in [-0.05, 0) is 137 Å². The number of allylic oxidation sites excluding steroid dienone is 13. The molecular weight excluding hydrogens is 653 g/mol. The second-order valence-corrected chi connectivity index (χ2v) is 14.5. The SMILES string of the molecule is C=CC1=C(C=C)C(C)(C)c2cc(-c3ccc(Nc4ccc5c(c4)c4cc(/C(C)=C/C=C(C)/C(C=C)=C/C=C\C)ccc4n5-c4ccccc4)cc3)ccc21. The smallest absolute Gasteiger partial charge is 0.0542 e. The number of hydrogen-bond donors (Lipinski definition) is 1. The van der Waals surface area contributed by atoms with Crippen LogP contribution in [0.4, 0.5) is 11.4 Å². The zero-order valence-corrected chi connectivity index (χ0v) is 32.1. The Morgan fingerprint density at radius 1 is 0.685 bits per heavy atom. The summed E-state index contributed by atoms with van der Waals surface area (Å²) >= 11 is 0. The number of fused-ring (bicyclic) bond motifs is 4. The van der Waals surface area contributed by atoms with Crippen LogP contribution in [-0.2, 0) is 5.41 Å². The topological polar surface area (TPSA) is 17.0 Å². The summed E-state index contributed by atoms with van der Waals surface area (Å²) in [6, 6.07) is 39.6. The van der Waals surface area contributed by atoms with Gasteiger partial charge in [-0.25, -0.2) is 0 Å². The molecule has 1 aromatic heterocycles. The molecule has 54 heavy (non-hydrogen) atoms. The number of hydrogen-bond acceptors (Lipinski definition) is 1. The predicted molar refractivity (Wildman–Crippen MR) is 237 cm³/mol. The zero-order chi connectivity index (χ0) is 38.0. The summed E-state index contributed by atoms with van der Waals surface area (Å²) in [6.07, 6.45) is 16.4. The number of rotatable bonds is 11. The molecule has 0 radical (unpaired) electrons. The van der Waals surface area contributed by atoms with Crippen LogP contribution in [0.5, 0.6) is 0 Å². The van der Waals surface area contributed by atoms with E-state index in [9.17, 15) is 0 Å². The standard InChI is InChI=1S/C52H48N2/c1-9-13-17-37(10-2)35(5)20-21-36(6)39-25-30-50-46(32-39)47-34-42(28-31-51(47)54(50)43-18-15-14-16-19-43)53-41-26-22-38(23-27-41)40-24-29-45-44(11-3)48(12-4)52(7,8)49(45)33-40/h9-34,53H,2-4H2,1,5-8H3/b13-9-,35-20+,36-21+,37-17+. The first kappa shape index (κ1) is 36.0. The molecule has 1 N–H and O–H groups in total. The molecule has 0 aliphatic heterocycles. The Bertz CT molecular complexity index is 2590. The van der Waals surface area contributed by atoms with Crippen LogP contribution in [0, 0.1) is 0 Å². The molecule has 1 aliphatic rings. The van der Waals surface area contributed by atoms with Gasteiger partial charge < -0.3 is 9.88 Å². The highest BCUT2D eigenvalue weighted by molar-refractivity contribution is 6.11. The Labute approximate surface area is 320 Å². The van der Waals surface area contributed by atoms with Gasteiger partial charge in [-0.1, -0.05) is 131 Å². The molecule has 266 valence electrons. The Morgan fingerprint density at radius 2 is 1.37 bits per heavy atom. The average molecular weight is 701 g/mol. The fourth-order valence-electron chi connectivity index (χ4n) is 7.80. The summed E-state index contributed by atoms with van der Waals surface area (Å²) in [6.45, 7) is 23.1. The van der Waals surface area contributed by atoms with Crippen molar-refractivity contribution in [3.8, 4) is 16.8 Å². The molecule has 2 nitrogen and oxygen atoms in total. The van der Waals surface area contributed by atoms with Crippen molar-refractivity contribution in [1.82, 2.24) is 4.57 Å². The lowest BCUT2D eigenvalue weighted by Crippen LogP contribution is -2.16. The van der Waals surface area contributed by atoms with Gasteiger partial charge in [-0.15, -0.1) is 0 Å². The molecule has 0 saturated heterocycles. The van der Waals surface area contributed by atoms with E-state index in [1.807, 2.05) is 37.3 Å². The highest BCUT2D eigenvalue weighted by Crippen LogP contribution is 2.48. The number of nitrogens with zero attached hydrogens (tertiary/aromatic N) is 1. The van der Waals surface area contributed by atoms with Crippen molar-refractivity contribution in [2.24, 2.45) is 0 Å². The lowest BCUT2D eigenvalue weighted by Gasteiger charge is -2.23. The number of anilines is 2. The van der Waals surface area contributed by atoms with Crippen LogP contribution >= 0.6 is 0 Å². The largest absolute Gasteiger partial charge is 0.356 e. The first-order chi connectivity index (χ1) is 26.2. The quantitative estimate of drug-likeness (QED) is 0.133. The van der Waals surface area contributed by atoms with Crippen LogP contribution in [0.2, 0.25) is 0 Å². The maximum absolute atomic E-state index is 4.10. The van der Waals surface area contributed by atoms with Gasteiger partial charge >= 0.3 is 0 Å². The van der Waals surface area contributed by atoms with Crippen molar-refractivity contribution in [3.63, 3.8) is 0 Å². The predicted octanol–water partition coefficient (Wildman–Crippen LogP) is 14.6. The summed E-state index contributed by atoms with van der Waals surface area (Å²) in [7, 11) is 0. The maximum atomic E-state index is 4.10. The molecule has 0 atom stereocenters. The molecule has 1 heterocycles. The molecule has 5 aromatic carbocycles. The van der Waals surface area contributed by atoms with E-state index in [2.05, 4.69) is 185 Å². The summed E-state index contributed by atoms with van der Waals surface area (Å²) in [5.41, 5.74) is 17.5. The maximum Gasteiger partial charge on any atom is 0.0542 e. The molecule has 0 amide bonds. The van der Waals surface area contributed by atoms with Crippen LogP contribution in [0.15, 0.2) is 194 Å². The minimum atomic E-state index is -0.120. The van der Waals surface area contributed by atoms with E-state index in [0.29, 0.717) is 0 Å². The second kappa shape index (κ2) is 14.9. The lowest BCUT2D eigenvalue weighted by atomic mass is 9.80. The lowest BCUT2D eigenvalue weighted by molar-refractivity contribution is 0.655. The Balaban J connectivity index is 1.22. The van der Waals surface area contributed by atoms with Crippen molar-refractivity contribution in [3.05, 3.63) is 211 Å². The fourth-order valence-corrected chi connectivity index (χ4v) is 7.80. The van der Waals surface area contributed by atoms with Gasteiger partial charge in [0.05, 0.1) is 11.0 Å². The monoisotopic (exact) mass is 700 g/mol. The van der Waals surface area contributed by atoms with Gasteiger partial charge in [-0.3, -0.25) is 0 Å². The van der Waals surface area contributed by atoms with Crippen molar-refractivity contribution in [2.45, 2.75) is 40.0 Å². The molecule has 0 bridgehead atoms. The minimum Gasteiger partial charge on any atom is -0.356 e. The molecule has 2 heteroatoms. The van der Waals surface area contributed by atoms with E-state index in [-0.39, 0.29) is 5.41 Å². The molecule has 7 rings (SSSR count). The second-order valence-electron chi connectivity index (χ2n) is 14.5. The van der Waals surface area contributed by atoms with Crippen molar-refractivity contribution < 1.29 is 0 Å². The van der Waals surface area contributed by atoms with E-state index in [1.165, 1.54) is 71.9 Å². The van der Waals surface area contributed by atoms with E-state index in [4.69, 9.17) is 0 Å². The number of para-hydroxylation sites is 1. The third kappa shape index (κ3) is 6.57. The normalized spacial score (nSPS) is 14.6. The Morgan fingerprint density at radius 3 is 2.06 bits per heavy atom. The molecule has 1 aliphatic carbocycles. The van der Waals surface area contributed by atoms with Crippen molar-refractivity contribution in [1.29, 1.82) is 0 Å². The van der Waals surface area contributed by atoms with Crippen LogP contribution in [0.1, 0.15) is 51.3 Å². The highest BCUT2D eigenvalue weighted by atomic mass is 15.0. The number of benzene rings is 5. The molecule has 6 aromatic rings. The zero-order valence-electron chi connectivity index (χ0n) is 32.1. The summed E-state index contributed by atoms with van der Waals surface area (Å²) in [5.74, 6) is 0. The molecule has 0 spiro atoms. The molecule has 0 saturated carbocycles. The first-order valence-electron chi connectivity index (χ1n) is 18.7. The summed E-state index contributed by atoms with van der Waals surface area (Å²) in [5, 5.41) is 6.11. The third-order valence-electron chi connectivity index (χ3n) is 10.8. The van der Waals surface area contributed by atoms with Gasteiger partial charge in [0.25, 0.3) is 0 Å². The molecular formula is C52H48N2. The van der Waals surface area contributed by atoms with Crippen molar-refractivity contribution >= 4 is 44.3 Å². The van der Waals surface area contributed by atoms with Gasteiger partial charge in [-0.2, -0.15) is 0 Å². The summed E-state index contributed by atoms with van der Waals surface area (Å²) < 4.78 is 2.36. The van der Waals surface area contributed by atoms with Gasteiger partial charge in [0, 0.05) is 33.2 Å². The summed E-state index contributed by atoms with van der Waals surface area (Å²) in [4.78, 5) is 0. The van der Waals surface area contributed by atoms with Gasteiger partial charge in [0.2, 0.25) is 0 Å². The average Bonchev–Trinajstić information content (AvgIpc) is 3.64. The fraction of sp³-hybridized carbons (Fsp3) is 0.115. The van der Waals surface area contributed by atoms with E-state index in [0.717, 1.165) is 22.6 Å². The van der Waals surface area contributed by atoms with Crippen LogP contribution in [0.3, 0.4) is 0 Å². The third-order valence-corrected chi connectivity index (χ3v) is 10.8. The minimum absolute atomic E-state index is 0.120. The molecule has 0 unspecified atom stereocenters. The van der Waals surface area contributed by atoms with Crippen LogP contribution in [-0.4, -0.2) is 4.57 Å². The number of aromatic nitrogens is 1.